The van der Waals surface area contributed by atoms with E-state index in [-0.39, 0.29) is 12.5 Å². The fourth-order valence-corrected chi connectivity index (χ4v) is 1.95. The fourth-order valence-electron chi connectivity index (χ4n) is 1.95. The van der Waals surface area contributed by atoms with E-state index in [1.807, 2.05) is 0 Å². The molecule has 0 saturated heterocycles. The van der Waals surface area contributed by atoms with Crippen LogP contribution in [0, 0.1) is 0 Å². The highest BCUT2D eigenvalue weighted by atomic mass is 16.5. The SMILES string of the molecule is COc1ccccc1C(=O)NCC(O)c1ccc(N)cc1. The number of aliphatic hydroxyl groups is 1. The number of nitrogens with one attached hydrogen (secondary N) is 1. The van der Waals surface area contributed by atoms with Crippen LogP contribution < -0.4 is 15.8 Å². The van der Waals surface area contributed by atoms with Crippen LogP contribution in [0.4, 0.5) is 5.69 Å². The van der Waals surface area contributed by atoms with Gasteiger partial charge in [0.2, 0.25) is 0 Å². The van der Waals surface area contributed by atoms with E-state index < -0.39 is 6.10 Å². The summed E-state index contributed by atoms with van der Waals surface area (Å²) in [7, 11) is 1.51. The molecule has 0 aromatic heterocycles. The lowest BCUT2D eigenvalue weighted by Crippen LogP contribution is -2.28. The van der Waals surface area contributed by atoms with E-state index in [0.29, 0.717) is 22.6 Å². The molecule has 0 bridgehead atoms. The molecule has 4 N–H and O–H groups in total. The van der Waals surface area contributed by atoms with Crippen molar-refractivity contribution in [1.82, 2.24) is 5.32 Å². The molecule has 0 saturated carbocycles. The number of methoxy groups -OCH3 is 1. The molecule has 0 aliphatic rings. The highest BCUT2D eigenvalue weighted by Crippen LogP contribution is 2.18. The Hall–Kier alpha value is -2.53. The first kappa shape index (κ1) is 14.9. The smallest absolute Gasteiger partial charge is 0.255 e. The Bertz CT molecular complexity index is 611. The monoisotopic (exact) mass is 286 g/mol. The summed E-state index contributed by atoms with van der Waals surface area (Å²) in [6, 6.07) is 13.8. The molecule has 1 amide bonds. The summed E-state index contributed by atoms with van der Waals surface area (Å²) in [5.74, 6) is 0.207. The van der Waals surface area contributed by atoms with Crippen LogP contribution in [-0.2, 0) is 0 Å². The van der Waals surface area contributed by atoms with Crippen LogP contribution in [0.2, 0.25) is 0 Å². The summed E-state index contributed by atoms with van der Waals surface area (Å²) in [5.41, 5.74) is 7.35. The standard InChI is InChI=1S/C16H18N2O3/c1-21-15-5-3-2-4-13(15)16(20)18-10-14(19)11-6-8-12(17)9-7-11/h2-9,14,19H,10,17H2,1H3,(H,18,20). The van der Waals surface area contributed by atoms with E-state index >= 15 is 0 Å². The van der Waals surface area contributed by atoms with Crippen molar-refractivity contribution >= 4 is 11.6 Å². The van der Waals surface area contributed by atoms with Crippen molar-refractivity contribution in [2.75, 3.05) is 19.4 Å². The molecular weight excluding hydrogens is 268 g/mol. The molecule has 5 nitrogen and oxygen atoms in total. The van der Waals surface area contributed by atoms with E-state index in [0.717, 1.165) is 0 Å². The van der Waals surface area contributed by atoms with Crippen molar-refractivity contribution in [2.24, 2.45) is 0 Å². The number of carbonyl (C=O) groups is 1. The lowest BCUT2D eigenvalue weighted by Gasteiger charge is -2.13. The Kier molecular flexibility index (Phi) is 4.79. The number of hydrogen-bond acceptors (Lipinski definition) is 4. The number of aliphatic hydroxyl groups excluding tert-OH is 1. The molecule has 21 heavy (non-hydrogen) atoms. The number of carbonyl (C=O) groups excluding carboxylic acids is 1. The van der Waals surface area contributed by atoms with Gasteiger partial charge >= 0.3 is 0 Å². The lowest BCUT2D eigenvalue weighted by atomic mass is 10.1. The third-order valence-corrected chi connectivity index (χ3v) is 3.13. The summed E-state index contributed by atoms with van der Waals surface area (Å²) < 4.78 is 5.13. The van der Waals surface area contributed by atoms with Gasteiger partial charge in [0.15, 0.2) is 0 Å². The quantitative estimate of drug-likeness (QED) is 0.731. The zero-order chi connectivity index (χ0) is 15.2. The number of benzene rings is 2. The average molecular weight is 286 g/mol. The molecule has 0 aliphatic heterocycles. The van der Waals surface area contributed by atoms with Crippen molar-refractivity contribution in [1.29, 1.82) is 0 Å². The van der Waals surface area contributed by atoms with Crippen LogP contribution in [0.1, 0.15) is 22.0 Å². The van der Waals surface area contributed by atoms with Gasteiger partial charge in [-0.05, 0) is 29.8 Å². The molecule has 0 fully saturated rings. The molecule has 5 heteroatoms. The summed E-state index contributed by atoms with van der Waals surface area (Å²) in [4.78, 5) is 12.1. The number of amides is 1. The third-order valence-electron chi connectivity index (χ3n) is 3.13. The van der Waals surface area contributed by atoms with Crippen LogP contribution in [0.25, 0.3) is 0 Å². The molecule has 110 valence electrons. The minimum atomic E-state index is -0.788. The second kappa shape index (κ2) is 6.76. The van der Waals surface area contributed by atoms with Crippen molar-refractivity contribution in [3.63, 3.8) is 0 Å². The minimum absolute atomic E-state index is 0.112. The second-order valence-electron chi connectivity index (χ2n) is 4.59. The highest BCUT2D eigenvalue weighted by molar-refractivity contribution is 5.96. The molecule has 1 atom stereocenters. The van der Waals surface area contributed by atoms with Crippen LogP contribution in [-0.4, -0.2) is 24.7 Å². The zero-order valence-corrected chi connectivity index (χ0v) is 11.7. The van der Waals surface area contributed by atoms with Crippen molar-refractivity contribution in [3.8, 4) is 5.75 Å². The van der Waals surface area contributed by atoms with Crippen molar-refractivity contribution in [3.05, 3.63) is 59.7 Å². The Balaban J connectivity index is 1.99. The Labute approximate surface area is 123 Å². The zero-order valence-electron chi connectivity index (χ0n) is 11.7. The maximum atomic E-state index is 12.1. The third kappa shape index (κ3) is 3.73. The van der Waals surface area contributed by atoms with E-state index in [2.05, 4.69) is 5.32 Å². The maximum absolute atomic E-state index is 12.1. The Morgan fingerprint density at radius 1 is 1.24 bits per heavy atom. The molecule has 0 heterocycles. The van der Waals surface area contributed by atoms with Crippen LogP contribution in [0.5, 0.6) is 5.75 Å². The van der Waals surface area contributed by atoms with E-state index in [9.17, 15) is 9.90 Å². The first-order valence-electron chi connectivity index (χ1n) is 6.56. The average Bonchev–Trinajstić information content (AvgIpc) is 2.52. The second-order valence-corrected chi connectivity index (χ2v) is 4.59. The minimum Gasteiger partial charge on any atom is -0.496 e. The Morgan fingerprint density at radius 2 is 1.90 bits per heavy atom. The molecule has 2 rings (SSSR count). The number of nitrogen functional groups attached to an aromatic ring is 1. The number of rotatable bonds is 5. The van der Waals surface area contributed by atoms with Gasteiger partial charge in [0, 0.05) is 12.2 Å². The molecule has 2 aromatic carbocycles. The number of hydrogen-bond donors (Lipinski definition) is 3. The summed E-state index contributed by atoms with van der Waals surface area (Å²) >= 11 is 0. The molecule has 0 spiro atoms. The van der Waals surface area contributed by atoms with Crippen LogP contribution in [0.3, 0.4) is 0 Å². The summed E-state index contributed by atoms with van der Waals surface area (Å²) in [5, 5.41) is 12.7. The molecular formula is C16H18N2O3. The van der Waals surface area contributed by atoms with Gasteiger partial charge in [0.25, 0.3) is 5.91 Å². The molecule has 0 aliphatic carbocycles. The van der Waals surface area contributed by atoms with Gasteiger partial charge in [-0.25, -0.2) is 0 Å². The maximum Gasteiger partial charge on any atom is 0.255 e. The number of para-hydroxylation sites is 1. The first-order valence-corrected chi connectivity index (χ1v) is 6.56. The molecule has 0 radical (unpaired) electrons. The summed E-state index contributed by atoms with van der Waals surface area (Å²) in [6.07, 6.45) is -0.788. The number of anilines is 1. The van der Waals surface area contributed by atoms with Gasteiger partial charge in [-0.1, -0.05) is 24.3 Å². The van der Waals surface area contributed by atoms with Gasteiger partial charge in [0.05, 0.1) is 18.8 Å². The Morgan fingerprint density at radius 3 is 2.57 bits per heavy atom. The number of ether oxygens (including phenoxy) is 1. The van der Waals surface area contributed by atoms with Gasteiger partial charge in [0.1, 0.15) is 5.75 Å². The fraction of sp³-hybridized carbons (Fsp3) is 0.188. The van der Waals surface area contributed by atoms with Crippen LogP contribution >= 0.6 is 0 Å². The highest BCUT2D eigenvalue weighted by Gasteiger charge is 2.13. The van der Waals surface area contributed by atoms with Crippen LogP contribution in [0.15, 0.2) is 48.5 Å². The normalized spacial score (nSPS) is 11.7. The largest absolute Gasteiger partial charge is 0.496 e. The lowest BCUT2D eigenvalue weighted by molar-refractivity contribution is 0.0913. The summed E-state index contributed by atoms with van der Waals surface area (Å²) in [6.45, 7) is 0.112. The topological polar surface area (TPSA) is 84.6 Å². The molecule has 2 aromatic rings. The van der Waals surface area contributed by atoms with Gasteiger partial charge in [-0.3, -0.25) is 4.79 Å². The number of nitrogens with two attached hydrogens (primary N) is 1. The van der Waals surface area contributed by atoms with Gasteiger partial charge in [-0.15, -0.1) is 0 Å². The van der Waals surface area contributed by atoms with Crippen molar-refractivity contribution < 1.29 is 14.6 Å². The van der Waals surface area contributed by atoms with Gasteiger partial charge < -0.3 is 20.9 Å². The predicted molar refractivity (Wildman–Crippen MR) is 81.1 cm³/mol. The van der Waals surface area contributed by atoms with E-state index in [1.165, 1.54) is 7.11 Å². The first-order chi connectivity index (χ1) is 10.1. The van der Waals surface area contributed by atoms with E-state index in [1.54, 1.807) is 48.5 Å². The molecule has 1 unspecified atom stereocenters. The van der Waals surface area contributed by atoms with Gasteiger partial charge in [-0.2, -0.15) is 0 Å². The predicted octanol–water partition coefficient (Wildman–Crippen LogP) is 1.74. The van der Waals surface area contributed by atoms with E-state index in [4.69, 9.17) is 10.5 Å². The van der Waals surface area contributed by atoms with Crippen molar-refractivity contribution in [2.45, 2.75) is 6.10 Å².